The standard InChI is InChI=1S/C29H38N3O7P/c1-29(18-16-22-10-4-2-5-11-22,32(40(37,38)39)21-17-23-12-6-3-7-13-23)28(36)31-20-8-14-24(31)26(33)30-19-9-15-25(30)27(34)35/h2-7,10-13,24-25H,8-9,14-21H2,1H3,(H,34,35)(H2,37,38,39)/t24-,25-,29+/m0/s1. The van der Waals surface area contributed by atoms with Crippen molar-refractivity contribution in [2.24, 2.45) is 0 Å². The van der Waals surface area contributed by atoms with Crippen LogP contribution in [0.25, 0.3) is 0 Å². The average Bonchev–Trinajstić information content (AvgIpc) is 3.62. The topological polar surface area (TPSA) is 139 Å². The largest absolute Gasteiger partial charge is 0.480 e. The van der Waals surface area contributed by atoms with E-state index in [9.17, 15) is 33.8 Å². The molecule has 0 aliphatic carbocycles. The van der Waals surface area contributed by atoms with Gasteiger partial charge >= 0.3 is 13.7 Å². The first-order valence-corrected chi connectivity index (χ1v) is 15.3. The predicted molar refractivity (Wildman–Crippen MR) is 149 cm³/mol. The van der Waals surface area contributed by atoms with Gasteiger partial charge in [-0.2, -0.15) is 4.67 Å². The second-order valence-electron chi connectivity index (χ2n) is 10.8. The Morgan fingerprint density at radius 3 is 1.95 bits per heavy atom. The van der Waals surface area contributed by atoms with Gasteiger partial charge < -0.3 is 24.7 Å². The molecule has 2 fully saturated rings. The quantitative estimate of drug-likeness (QED) is 0.350. The number of hydrogen-bond acceptors (Lipinski definition) is 4. The van der Waals surface area contributed by atoms with Gasteiger partial charge in [-0.05, 0) is 63.0 Å². The summed E-state index contributed by atoms with van der Waals surface area (Å²) in [6, 6.07) is 16.9. The zero-order valence-corrected chi connectivity index (χ0v) is 23.7. The van der Waals surface area contributed by atoms with E-state index in [-0.39, 0.29) is 19.5 Å². The van der Waals surface area contributed by atoms with Gasteiger partial charge in [0.25, 0.3) is 0 Å². The zero-order chi connectivity index (χ0) is 28.9. The minimum atomic E-state index is -4.92. The summed E-state index contributed by atoms with van der Waals surface area (Å²) in [5.41, 5.74) is 0.177. The molecule has 0 saturated carbocycles. The van der Waals surface area contributed by atoms with Gasteiger partial charge in [-0.3, -0.25) is 9.59 Å². The Morgan fingerprint density at radius 2 is 1.40 bits per heavy atom. The first kappa shape index (κ1) is 29.9. The van der Waals surface area contributed by atoms with Crippen LogP contribution in [0.2, 0.25) is 0 Å². The van der Waals surface area contributed by atoms with Gasteiger partial charge in [-0.25, -0.2) is 9.36 Å². The minimum Gasteiger partial charge on any atom is -0.480 e. The molecule has 0 unspecified atom stereocenters. The normalized spacial score (nSPS) is 21.0. The van der Waals surface area contributed by atoms with Gasteiger partial charge in [0.15, 0.2) is 0 Å². The molecule has 0 bridgehead atoms. The zero-order valence-electron chi connectivity index (χ0n) is 22.8. The molecule has 0 radical (unpaired) electrons. The van der Waals surface area contributed by atoms with Gasteiger partial charge in [0, 0.05) is 19.6 Å². The summed E-state index contributed by atoms with van der Waals surface area (Å²) >= 11 is 0. The number of aryl methyl sites for hydroxylation is 1. The Kier molecular flexibility index (Phi) is 9.46. The molecule has 2 heterocycles. The van der Waals surface area contributed by atoms with E-state index in [0.717, 1.165) is 15.8 Å². The molecular weight excluding hydrogens is 533 g/mol. The number of rotatable bonds is 11. The van der Waals surface area contributed by atoms with Crippen LogP contribution in [0, 0.1) is 0 Å². The molecule has 2 aliphatic rings. The molecule has 2 aromatic carbocycles. The molecule has 40 heavy (non-hydrogen) atoms. The Balaban J connectivity index is 1.65. The SMILES string of the molecule is C[C@@](CCc1ccccc1)(C(=O)N1CCC[C@H]1C(=O)N1CCC[C@H]1C(=O)O)N(CCc1ccccc1)P(=O)(O)O. The number of benzene rings is 2. The third kappa shape index (κ3) is 6.63. The number of carboxylic acids is 1. The molecule has 2 saturated heterocycles. The van der Waals surface area contributed by atoms with Gasteiger partial charge in [-0.1, -0.05) is 60.7 Å². The van der Waals surface area contributed by atoms with Crippen LogP contribution < -0.4 is 0 Å². The molecule has 2 aromatic rings. The van der Waals surface area contributed by atoms with Crippen LogP contribution in [0.4, 0.5) is 0 Å². The van der Waals surface area contributed by atoms with Crippen molar-refractivity contribution in [3.8, 4) is 0 Å². The molecule has 3 atom stereocenters. The smallest absolute Gasteiger partial charge is 0.403 e. The molecule has 0 aromatic heterocycles. The molecular formula is C29H38N3O7P. The highest BCUT2D eigenvalue weighted by atomic mass is 31.2. The molecule has 11 heteroatoms. The summed E-state index contributed by atoms with van der Waals surface area (Å²) < 4.78 is 14.0. The number of aliphatic carboxylic acids is 1. The highest BCUT2D eigenvalue weighted by Crippen LogP contribution is 2.48. The molecule has 10 nitrogen and oxygen atoms in total. The monoisotopic (exact) mass is 571 g/mol. The van der Waals surface area contributed by atoms with Crippen molar-refractivity contribution in [2.45, 2.75) is 69.5 Å². The van der Waals surface area contributed by atoms with Crippen LogP contribution in [0.3, 0.4) is 0 Å². The van der Waals surface area contributed by atoms with Gasteiger partial charge in [0.1, 0.15) is 17.6 Å². The Hall–Kier alpha value is -3.04. The van der Waals surface area contributed by atoms with E-state index in [0.29, 0.717) is 45.1 Å². The summed E-state index contributed by atoms with van der Waals surface area (Å²) in [6.45, 7) is 2.06. The third-order valence-electron chi connectivity index (χ3n) is 8.16. The van der Waals surface area contributed by atoms with Crippen molar-refractivity contribution in [1.29, 1.82) is 0 Å². The molecule has 0 spiro atoms. The van der Waals surface area contributed by atoms with E-state index in [1.165, 1.54) is 9.80 Å². The van der Waals surface area contributed by atoms with Crippen LogP contribution in [0.5, 0.6) is 0 Å². The van der Waals surface area contributed by atoms with Crippen LogP contribution in [-0.4, -0.2) is 84.4 Å². The van der Waals surface area contributed by atoms with E-state index >= 15 is 0 Å². The summed E-state index contributed by atoms with van der Waals surface area (Å²) in [5.74, 6) is -2.00. The summed E-state index contributed by atoms with van der Waals surface area (Å²) in [7, 11) is -4.92. The number of likely N-dealkylation sites (tertiary alicyclic amines) is 2. The van der Waals surface area contributed by atoms with Crippen molar-refractivity contribution >= 4 is 25.5 Å². The first-order chi connectivity index (χ1) is 19.0. The molecule has 2 aliphatic heterocycles. The number of carbonyl (C=O) groups excluding carboxylic acids is 2. The second-order valence-corrected chi connectivity index (χ2v) is 12.3. The summed E-state index contributed by atoms with van der Waals surface area (Å²) in [6.07, 6.45) is 2.69. The van der Waals surface area contributed by atoms with E-state index in [1.54, 1.807) is 6.92 Å². The molecule has 4 rings (SSSR count). The van der Waals surface area contributed by atoms with Crippen molar-refractivity contribution in [2.75, 3.05) is 19.6 Å². The lowest BCUT2D eigenvalue weighted by Crippen LogP contribution is -2.60. The summed E-state index contributed by atoms with van der Waals surface area (Å²) in [4.78, 5) is 63.6. The lowest BCUT2D eigenvalue weighted by molar-refractivity contribution is -0.154. The maximum atomic E-state index is 14.4. The van der Waals surface area contributed by atoms with Crippen molar-refractivity contribution < 1.29 is 33.8 Å². The minimum absolute atomic E-state index is 0.0645. The van der Waals surface area contributed by atoms with Crippen molar-refractivity contribution in [3.05, 3.63) is 71.8 Å². The fourth-order valence-corrected chi connectivity index (χ4v) is 7.10. The highest BCUT2D eigenvalue weighted by molar-refractivity contribution is 7.49. The number of carboxylic acid groups (broad SMARTS) is 1. The number of hydrogen-bond donors (Lipinski definition) is 3. The predicted octanol–water partition coefficient (Wildman–Crippen LogP) is 3.08. The van der Waals surface area contributed by atoms with Crippen molar-refractivity contribution in [1.82, 2.24) is 14.5 Å². The fraction of sp³-hybridized carbons (Fsp3) is 0.483. The Labute approximate surface area is 234 Å². The third-order valence-corrected chi connectivity index (χ3v) is 9.43. The van der Waals surface area contributed by atoms with Crippen LogP contribution >= 0.6 is 7.75 Å². The van der Waals surface area contributed by atoms with Gasteiger partial charge in [0.05, 0.1) is 0 Å². The average molecular weight is 572 g/mol. The Bertz CT molecular complexity index is 1240. The molecule has 2 amide bonds. The highest BCUT2D eigenvalue weighted by Gasteiger charge is 2.52. The van der Waals surface area contributed by atoms with E-state index < -0.39 is 43.2 Å². The van der Waals surface area contributed by atoms with Crippen LogP contribution in [0.15, 0.2) is 60.7 Å². The van der Waals surface area contributed by atoms with Crippen LogP contribution in [0.1, 0.15) is 50.2 Å². The Morgan fingerprint density at radius 1 is 0.875 bits per heavy atom. The maximum absolute atomic E-state index is 14.4. The maximum Gasteiger partial charge on any atom is 0.403 e. The van der Waals surface area contributed by atoms with E-state index in [1.807, 2.05) is 60.7 Å². The van der Waals surface area contributed by atoms with Crippen molar-refractivity contribution in [3.63, 3.8) is 0 Å². The van der Waals surface area contributed by atoms with Gasteiger partial charge in [-0.15, -0.1) is 0 Å². The van der Waals surface area contributed by atoms with E-state index in [4.69, 9.17) is 0 Å². The van der Waals surface area contributed by atoms with Crippen LogP contribution in [-0.2, 0) is 31.8 Å². The molecule has 216 valence electrons. The number of amides is 2. The van der Waals surface area contributed by atoms with Gasteiger partial charge in [0.2, 0.25) is 11.8 Å². The second kappa shape index (κ2) is 12.6. The fourth-order valence-electron chi connectivity index (χ4n) is 5.98. The summed E-state index contributed by atoms with van der Waals surface area (Å²) in [5, 5.41) is 9.61. The molecule has 3 N–H and O–H groups in total. The number of nitrogens with zero attached hydrogens (tertiary/aromatic N) is 3. The number of carbonyl (C=O) groups is 3. The lowest BCUT2D eigenvalue weighted by Gasteiger charge is -2.43. The lowest BCUT2D eigenvalue weighted by atomic mass is 9.90. The van der Waals surface area contributed by atoms with E-state index in [2.05, 4.69) is 0 Å². The first-order valence-electron chi connectivity index (χ1n) is 13.8.